The summed E-state index contributed by atoms with van der Waals surface area (Å²) in [7, 11) is 0. The van der Waals surface area contributed by atoms with Gasteiger partial charge in [0.05, 0.1) is 12.0 Å². The molecule has 0 aromatic heterocycles. The second kappa shape index (κ2) is 3.98. The minimum absolute atomic E-state index is 0.0551. The van der Waals surface area contributed by atoms with Gasteiger partial charge in [0.15, 0.2) is 0 Å². The monoisotopic (exact) mass is 242 g/mol. The predicted octanol–water partition coefficient (Wildman–Crippen LogP) is 2.84. The van der Waals surface area contributed by atoms with Gasteiger partial charge in [0.2, 0.25) is 0 Å². The number of carboxylic acids is 1. The van der Waals surface area contributed by atoms with E-state index in [0.717, 1.165) is 0 Å². The predicted molar refractivity (Wildman–Crippen MR) is 56.2 cm³/mol. The molecule has 1 aliphatic carbocycles. The van der Waals surface area contributed by atoms with E-state index in [1.165, 1.54) is 18.2 Å². The first-order chi connectivity index (χ1) is 7.94. The highest BCUT2D eigenvalue weighted by Crippen LogP contribution is 2.52. The number of alkyl halides is 2. The summed E-state index contributed by atoms with van der Waals surface area (Å²) in [4.78, 5) is 10.7. The van der Waals surface area contributed by atoms with Gasteiger partial charge in [0, 0.05) is 5.41 Å². The number of carbonyl (C=O) groups is 1. The largest absolute Gasteiger partial charge is 0.507 e. The Kier molecular flexibility index (Phi) is 2.77. The minimum atomic E-state index is -2.75. The van der Waals surface area contributed by atoms with Crippen LogP contribution in [0.25, 0.3) is 0 Å². The highest BCUT2D eigenvalue weighted by atomic mass is 19.3. The van der Waals surface area contributed by atoms with E-state index in [1.807, 2.05) is 0 Å². The van der Waals surface area contributed by atoms with Gasteiger partial charge in [0.1, 0.15) is 5.75 Å². The van der Waals surface area contributed by atoms with Crippen LogP contribution >= 0.6 is 0 Å². The Bertz CT molecular complexity index is 453. The van der Waals surface area contributed by atoms with Crippen molar-refractivity contribution in [2.45, 2.75) is 31.1 Å². The summed E-state index contributed by atoms with van der Waals surface area (Å²) in [5.41, 5.74) is -0.365. The number of hydrogen-bond acceptors (Lipinski definition) is 2. The summed E-state index contributed by atoms with van der Waals surface area (Å²) >= 11 is 0. The quantitative estimate of drug-likeness (QED) is 0.853. The Morgan fingerprint density at radius 1 is 1.41 bits per heavy atom. The van der Waals surface area contributed by atoms with E-state index < -0.39 is 29.1 Å². The van der Waals surface area contributed by atoms with Gasteiger partial charge < -0.3 is 10.2 Å². The van der Waals surface area contributed by atoms with Crippen LogP contribution in [0.5, 0.6) is 5.75 Å². The lowest BCUT2D eigenvalue weighted by atomic mass is 9.91. The lowest BCUT2D eigenvalue weighted by molar-refractivity contribution is -0.137. The number of aliphatic carboxylic acids is 1. The van der Waals surface area contributed by atoms with Crippen LogP contribution in [0.15, 0.2) is 18.2 Å². The molecule has 0 spiro atoms. The molecule has 2 rings (SSSR count). The van der Waals surface area contributed by atoms with Crippen molar-refractivity contribution in [1.82, 2.24) is 0 Å². The average Bonchev–Trinajstić information content (AvgIpc) is 2.97. The van der Waals surface area contributed by atoms with Gasteiger partial charge in [0.25, 0.3) is 6.43 Å². The molecule has 3 nitrogen and oxygen atoms in total. The molecule has 0 amide bonds. The van der Waals surface area contributed by atoms with Crippen molar-refractivity contribution >= 4 is 5.97 Å². The summed E-state index contributed by atoms with van der Waals surface area (Å²) in [6.45, 7) is 0. The molecule has 1 fully saturated rings. The lowest BCUT2D eigenvalue weighted by Gasteiger charge is -2.15. The molecule has 5 heteroatoms. The zero-order valence-corrected chi connectivity index (χ0v) is 8.99. The van der Waals surface area contributed by atoms with Crippen LogP contribution in [0, 0.1) is 0 Å². The number of phenols is 1. The van der Waals surface area contributed by atoms with E-state index in [-0.39, 0.29) is 6.42 Å². The maximum atomic E-state index is 12.6. The number of rotatable bonds is 4. The summed E-state index contributed by atoms with van der Waals surface area (Å²) < 4.78 is 25.2. The number of phenolic OH excluding ortho intramolecular Hbond substituents is 1. The second-order valence-corrected chi connectivity index (χ2v) is 4.43. The standard InChI is InChI=1S/C12H12F2O3/c13-11(14)8-5-7(1-2-9(8)15)12(3-4-12)6-10(16)17/h1-2,5,11,15H,3-4,6H2,(H,16,17). The minimum Gasteiger partial charge on any atom is -0.507 e. The molecule has 1 aliphatic rings. The molecule has 1 aromatic rings. The molecule has 0 radical (unpaired) electrons. The first-order valence-electron chi connectivity index (χ1n) is 5.28. The molecule has 1 aromatic carbocycles. The van der Waals surface area contributed by atoms with Crippen molar-refractivity contribution in [1.29, 1.82) is 0 Å². The first-order valence-corrected chi connectivity index (χ1v) is 5.28. The van der Waals surface area contributed by atoms with Crippen LogP contribution in [0.3, 0.4) is 0 Å². The molecule has 0 unspecified atom stereocenters. The van der Waals surface area contributed by atoms with Crippen molar-refractivity contribution in [3.8, 4) is 5.75 Å². The Morgan fingerprint density at radius 3 is 2.53 bits per heavy atom. The zero-order valence-electron chi connectivity index (χ0n) is 8.99. The maximum absolute atomic E-state index is 12.6. The molecule has 92 valence electrons. The van der Waals surface area contributed by atoms with Gasteiger partial charge in [-0.15, -0.1) is 0 Å². The van der Waals surface area contributed by atoms with Crippen molar-refractivity contribution in [3.05, 3.63) is 29.3 Å². The van der Waals surface area contributed by atoms with Gasteiger partial charge in [-0.1, -0.05) is 6.07 Å². The van der Waals surface area contributed by atoms with Crippen molar-refractivity contribution < 1.29 is 23.8 Å². The molecule has 1 saturated carbocycles. The maximum Gasteiger partial charge on any atom is 0.304 e. The number of benzene rings is 1. The Morgan fingerprint density at radius 2 is 2.06 bits per heavy atom. The third-order valence-corrected chi connectivity index (χ3v) is 3.22. The highest BCUT2D eigenvalue weighted by molar-refractivity contribution is 5.70. The van der Waals surface area contributed by atoms with E-state index >= 15 is 0 Å². The summed E-state index contributed by atoms with van der Waals surface area (Å²) in [6.07, 6.45) is -1.43. The van der Waals surface area contributed by atoms with Crippen LogP contribution < -0.4 is 0 Å². The molecule has 0 atom stereocenters. The van der Waals surface area contributed by atoms with Gasteiger partial charge in [-0.3, -0.25) is 4.79 Å². The summed E-state index contributed by atoms with van der Waals surface area (Å²) in [5.74, 6) is -1.39. The van der Waals surface area contributed by atoms with E-state index in [2.05, 4.69) is 0 Å². The van der Waals surface area contributed by atoms with Crippen LogP contribution in [0.1, 0.15) is 36.8 Å². The third-order valence-electron chi connectivity index (χ3n) is 3.22. The number of carboxylic acid groups (broad SMARTS) is 1. The van der Waals surface area contributed by atoms with Crippen LogP contribution in [-0.2, 0) is 10.2 Å². The normalized spacial score (nSPS) is 17.1. The van der Waals surface area contributed by atoms with E-state index in [1.54, 1.807) is 0 Å². The topological polar surface area (TPSA) is 57.5 Å². The average molecular weight is 242 g/mol. The smallest absolute Gasteiger partial charge is 0.304 e. The molecular formula is C12H12F2O3. The Hall–Kier alpha value is -1.65. The fraction of sp³-hybridized carbons (Fsp3) is 0.417. The van der Waals surface area contributed by atoms with Crippen molar-refractivity contribution in [3.63, 3.8) is 0 Å². The van der Waals surface area contributed by atoms with Gasteiger partial charge in [-0.05, 0) is 30.5 Å². The Balaban J connectivity index is 2.34. The SMILES string of the molecule is O=C(O)CC1(c2ccc(O)c(C(F)F)c2)CC1. The zero-order chi connectivity index (χ0) is 12.6. The first kappa shape index (κ1) is 11.8. The van der Waals surface area contributed by atoms with E-state index in [9.17, 15) is 18.7 Å². The van der Waals surface area contributed by atoms with Gasteiger partial charge in [-0.2, -0.15) is 0 Å². The lowest BCUT2D eigenvalue weighted by Crippen LogP contribution is -2.13. The Labute approximate surface area is 96.7 Å². The number of aromatic hydroxyl groups is 1. The fourth-order valence-corrected chi connectivity index (χ4v) is 2.07. The molecule has 17 heavy (non-hydrogen) atoms. The summed E-state index contributed by atoms with van der Waals surface area (Å²) in [6, 6.07) is 3.95. The highest BCUT2D eigenvalue weighted by Gasteiger charge is 2.46. The molecule has 0 heterocycles. The molecule has 0 saturated heterocycles. The van der Waals surface area contributed by atoms with E-state index in [4.69, 9.17) is 5.11 Å². The van der Waals surface area contributed by atoms with Crippen LogP contribution in [0.4, 0.5) is 8.78 Å². The van der Waals surface area contributed by atoms with Crippen molar-refractivity contribution in [2.75, 3.05) is 0 Å². The van der Waals surface area contributed by atoms with Gasteiger partial charge in [-0.25, -0.2) is 8.78 Å². The molecular weight excluding hydrogens is 230 g/mol. The summed E-state index contributed by atoms with van der Waals surface area (Å²) in [5, 5.41) is 18.1. The molecule has 0 bridgehead atoms. The van der Waals surface area contributed by atoms with Crippen LogP contribution in [0.2, 0.25) is 0 Å². The van der Waals surface area contributed by atoms with Crippen LogP contribution in [-0.4, -0.2) is 16.2 Å². The van der Waals surface area contributed by atoms with Gasteiger partial charge >= 0.3 is 5.97 Å². The van der Waals surface area contributed by atoms with Crippen molar-refractivity contribution in [2.24, 2.45) is 0 Å². The molecule has 0 aliphatic heterocycles. The number of halogens is 2. The van der Waals surface area contributed by atoms with E-state index in [0.29, 0.717) is 18.4 Å². The second-order valence-electron chi connectivity index (χ2n) is 4.43. The molecule has 2 N–H and O–H groups in total. The number of hydrogen-bond donors (Lipinski definition) is 2. The third kappa shape index (κ3) is 2.23. The fourth-order valence-electron chi connectivity index (χ4n) is 2.07.